The van der Waals surface area contributed by atoms with E-state index in [4.69, 9.17) is 4.74 Å². The lowest BCUT2D eigenvalue weighted by atomic mass is 9.99. The van der Waals surface area contributed by atoms with Crippen molar-refractivity contribution in [2.75, 3.05) is 39.1 Å². The first-order valence-corrected chi connectivity index (χ1v) is 11.3. The van der Waals surface area contributed by atoms with E-state index in [1.165, 1.54) is 7.11 Å². The van der Waals surface area contributed by atoms with Gasteiger partial charge in [0, 0.05) is 32.4 Å². The van der Waals surface area contributed by atoms with Gasteiger partial charge in [-0.15, -0.1) is 0 Å². The molecule has 4 rings (SSSR count). The minimum atomic E-state index is -0.572. The molecule has 1 fully saturated rings. The molecule has 0 aromatic heterocycles. The number of nitrogens with zero attached hydrogens (tertiary/aromatic N) is 2. The minimum Gasteiger partial charge on any atom is -0.480 e. The fraction of sp³-hybridized carbons (Fsp3) is 0.440. The van der Waals surface area contributed by atoms with Crippen LogP contribution in [0.4, 0.5) is 10.5 Å². The number of carbonyl (C=O) groups excluding carboxylic acids is 2. The van der Waals surface area contributed by atoms with Gasteiger partial charge in [-0.1, -0.05) is 30.3 Å². The first-order chi connectivity index (χ1) is 15.9. The van der Waals surface area contributed by atoms with Crippen LogP contribution in [0.2, 0.25) is 0 Å². The van der Waals surface area contributed by atoms with E-state index in [0.717, 1.165) is 24.1 Å². The van der Waals surface area contributed by atoms with Crippen molar-refractivity contribution in [1.82, 2.24) is 9.80 Å². The predicted molar refractivity (Wildman–Crippen MR) is 124 cm³/mol. The third-order valence-corrected chi connectivity index (χ3v) is 6.39. The average Bonchev–Trinajstić information content (AvgIpc) is 3.26. The fourth-order valence-electron chi connectivity index (χ4n) is 4.54. The maximum Gasteiger partial charge on any atom is 0.411 e. The van der Waals surface area contributed by atoms with Crippen LogP contribution in [0.5, 0.6) is 5.75 Å². The summed E-state index contributed by atoms with van der Waals surface area (Å²) in [6.45, 7) is 2.11. The van der Waals surface area contributed by atoms with Crippen molar-refractivity contribution < 1.29 is 24.2 Å². The normalized spacial score (nSPS) is 20.9. The number of likely N-dealkylation sites (tertiary alicyclic amines) is 1. The lowest BCUT2D eigenvalue weighted by molar-refractivity contribution is -0.140. The molecule has 2 amide bonds. The van der Waals surface area contributed by atoms with E-state index >= 15 is 0 Å². The highest BCUT2D eigenvalue weighted by atomic mass is 16.5. The molecule has 2 heterocycles. The van der Waals surface area contributed by atoms with Crippen molar-refractivity contribution in [3.63, 3.8) is 0 Å². The minimum absolute atomic E-state index is 0.0639. The van der Waals surface area contributed by atoms with Crippen LogP contribution >= 0.6 is 0 Å². The largest absolute Gasteiger partial charge is 0.480 e. The van der Waals surface area contributed by atoms with E-state index in [-0.39, 0.29) is 18.1 Å². The predicted octanol–water partition coefficient (Wildman–Crippen LogP) is 2.82. The molecule has 2 aromatic rings. The van der Waals surface area contributed by atoms with Crippen molar-refractivity contribution >= 4 is 17.7 Å². The van der Waals surface area contributed by atoms with Gasteiger partial charge in [0.1, 0.15) is 5.75 Å². The number of rotatable bonds is 6. The number of amides is 2. The van der Waals surface area contributed by atoms with Crippen molar-refractivity contribution in [3.8, 4) is 5.75 Å². The molecule has 0 saturated carbocycles. The first kappa shape index (κ1) is 23.1. The average molecular weight is 454 g/mol. The fourth-order valence-corrected chi connectivity index (χ4v) is 4.54. The van der Waals surface area contributed by atoms with Crippen molar-refractivity contribution in [3.05, 3.63) is 59.7 Å². The molecule has 1 saturated heterocycles. The summed E-state index contributed by atoms with van der Waals surface area (Å²) < 4.78 is 10.7. The molecule has 0 aliphatic carbocycles. The Morgan fingerprint density at radius 2 is 2.03 bits per heavy atom. The third-order valence-electron chi connectivity index (χ3n) is 6.39. The Morgan fingerprint density at radius 3 is 2.73 bits per heavy atom. The molecule has 2 N–H and O–H groups in total. The number of hydrogen-bond acceptors (Lipinski definition) is 6. The molecule has 2 aliphatic rings. The molecule has 0 radical (unpaired) electrons. The third kappa shape index (κ3) is 5.46. The highest BCUT2D eigenvalue weighted by molar-refractivity contribution is 5.85. The number of fused-ring (bicyclic) bond motifs is 1. The smallest absolute Gasteiger partial charge is 0.411 e. The summed E-state index contributed by atoms with van der Waals surface area (Å²) in [7, 11) is 3.15. The van der Waals surface area contributed by atoms with E-state index in [1.54, 1.807) is 17.0 Å². The molecule has 2 aliphatic heterocycles. The summed E-state index contributed by atoms with van der Waals surface area (Å²) in [5.74, 6) is 0.591. The Bertz CT molecular complexity index is 983. The Labute approximate surface area is 194 Å². The van der Waals surface area contributed by atoms with Crippen LogP contribution in [0.1, 0.15) is 30.0 Å². The maximum absolute atomic E-state index is 13.5. The number of carbonyl (C=O) groups is 2. The number of methoxy groups -OCH3 is 1. The number of aliphatic hydroxyl groups excluding tert-OH is 1. The van der Waals surface area contributed by atoms with Crippen LogP contribution in [0.25, 0.3) is 0 Å². The van der Waals surface area contributed by atoms with Crippen molar-refractivity contribution in [2.24, 2.45) is 0 Å². The Morgan fingerprint density at radius 1 is 1.24 bits per heavy atom. The second-order valence-electron chi connectivity index (χ2n) is 8.66. The number of likely N-dealkylation sites (N-methyl/N-ethyl adjacent to an activating group) is 1. The summed E-state index contributed by atoms with van der Waals surface area (Å²) in [6.07, 6.45) is 0.580. The Hall–Kier alpha value is -3.10. The van der Waals surface area contributed by atoms with Crippen LogP contribution in [0.15, 0.2) is 48.5 Å². The quantitative estimate of drug-likeness (QED) is 0.699. The molecule has 8 heteroatoms. The zero-order valence-electron chi connectivity index (χ0n) is 19.1. The second kappa shape index (κ2) is 10.2. The number of anilines is 1. The summed E-state index contributed by atoms with van der Waals surface area (Å²) in [5.41, 5.74) is 2.63. The molecule has 176 valence electrons. The number of aliphatic hydroxyl groups is 1. The van der Waals surface area contributed by atoms with Gasteiger partial charge >= 0.3 is 6.09 Å². The molecule has 3 atom stereocenters. The molecule has 33 heavy (non-hydrogen) atoms. The first-order valence-electron chi connectivity index (χ1n) is 11.3. The van der Waals surface area contributed by atoms with E-state index < -0.39 is 12.2 Å². The van der Waals surface area contributed by atoms with Gasteiger partial charge in [0.15, 0.2) is 6.10 Å². The van der Waals surface area contributed by atoms with Crippen LogP contribution in [-0.4, -0.2) is 72.9 Å². The topological polar surface area (TPSA) is 91.3 Å². The number of ether oxygens (including phenoxy) is 2. The maximum atomic E-state index is 13.5. The summed E-state index contributed by atoms with van der Waals surface area (Å²) >= 11 is 0. The van der Waals surface area contributed by atoms with E-state index in [1.807, 2.05) is 43.4 Å². The van der Waals surface area contributed by atoms with Gasteiger partial charge in [-0.2, -0.15) is 0 Å². The van der Waals surface area contributed by atoms with Gasteiger partial charge in [0.2, 0.25) is 0 Å². The lowest BCUT2D eigenvalue weighted by Crippen LogP contribution is -2.46. The van der Waals surface area contributed by atoms with Gasteiger partial charge in [-0.25, -0.2) is 4.79 Å². The van der Waals surface area contributed by atoms with Crippen LogP contribution in [0, 0.1) is 0 Å². The number of aryl methyl sites for hydroxylation is 1. The zero-order valence-corrected chi connectivity index (χ0v) is 19.1. The van der Waals surface area contributed by atoms with E-state index in [9.17, 15) is 14.7 Å². The van der Waals surface area contributed by atoms with E-state index in [0.29, 0.717) is 37.4 Å². The van der Waals surface area contributed by atoms with Gasteiger partial charge in [-0.3, -0.25) is 15.0 Å². The van der Waals surface area contributed by atoms with Crippen LogP contribution < -0.4 is 10.1 Å². The van der Waals surface area contributed by atoms with Crippen molar-refractivity contribution in [2.45, 2.75) is 37.5 Å². The van der Waals surface area contributed by atoms with Gasteiger partial charge < -0.3 is 19.5 Å². The SMILES string of the molecule is COC(=O)Nc1ccc2c(c1)CCC(C(=O)N(C)[C@H](CN1CC[C@H](O)C1)c1ccccc1)O2. The summed E-state index contributed by atoms with van der Waals surface area (Å²) in [6, 6.07) is 15.2. The van der Waals surface area contributed by atoms with Gasteiger partial charge in [0.25, 0.3) is 5.91 Å². The molecule has 8 nitrogen and oxygen atoms in total. The van der Waals surface area contributed by atoms with Crippen LogP contribution in [0.3, 0.4) is 0 Å². The zero-order chi connectivity index (χ0) is 23.4. The number of benzene rings is 2. The van der Waals surface area contributed by atoms with Crippen LogP contribution in [-0.2, 0) is 16.0 Å². The number of β-amino-alcohol motifs (C(OH)–C–C–N with tert-alkyl or cyclic N) is 1. The highest BCUT2D eigenvalue weighted by Gasteiger charge is 2.34. The van der Waals surface area contributed by atoms with Crippen molar-refractivity contribution in [1.29, 1.82) is 0 Å². The molecule has 0 bridgehead atoms. The standard InChI is InChI=1S/C25H31N3O5/c1-27(21(17-6-4-3-5-7-17)16-28-13-12-20(29)15-28)24(30)23-10-8-18-14-19(26-25(31)32-2)9-11-22(18)33-23/h3-7,9,11,14,20-21,23,29H,8,10,12-13,15-16H2,1-2H3,(H,26,31)/t20-,21+,23?/m0/s1. The molecule has 1 unspecified atom stereocenters. The summed E-state index contributed by atoms with van der Waals surface area (Å²) in [5, 5.41) is 12.6. The molecular weight excluding hydrogens is 422 g/mol. The van der Waals surface area contributed by atoms with E-state index in [2.05, 4.69) is 15.0 Å². The molecular formula is C25H31N3O5. The number of nitrogens with one attached hydrogen (secondary N) is 1. The number of hydrogen-bond donors (Lipinski definition) is 2. The highest BCUT2D eigenvalue weighted by Crippen LogP contribution is 2.32. The van der Waals surface area contributed by atoms with Gasteiger partial charge in [0.05, 0.1) is 19.3 Å². The Balaban J connectivity index is 1.47. The lowest BCUT2D eigenvalue weighted by Gasteiger charge is -2.35. The monoisotopic (exact) mass is 453 g/mol. The Kier molecular flexibility index (Phi) is 7.15. The van der Waals surface area contributed by atoms with Gasteiger partial charge in [-0.05, 0) is 48.6 Å². The molecule has 2 aromatic carbocycles. The summed E-state index contributed by atoms with van der Waals surface area (Å²) in [4.78, 5) is 28.9. The molecule has 0 spiro atoms. The second-order valence-corrected chi connectivity index (χ2v) is 8.66.